The summed E-state index contributed by atoms with van der Waals surface area (Å²) in [4.78, 5) is 11.7. The third kappa shape index (κ3) is 3.31. The summed E-state index contributed by atoms with van der Waals surface area (Å²) in [5.41, 5.74) is 0.454. The summed E-state index contributed by atoms with van der Waals surface area (Å²) in [6.07, 6.45) is 0. The molecule has 1 heterocycles. The van der Waals surface area contributed by atoms with Gasteiger partial charge in [-0.15, -0.1) is 0 Å². The average molecular weight is 281 g/mol. The Labute approximate surface area is 114 Å². The molecule has 5 nitrogen and oxygen atoms in total. The number of hydrogen-bond acceptors (Lipinski definition) is 3. The molecule has 0 fully saturated rings. The number of anilines is 1. The summed E-state index contributed by atoms with van der Waals surface area (Å²) >= 11 is 0. The first-order valence-corrected chi connectivity index (χ1v) is 5.91. The van der Waals surface area contributed by atoms with Gasteiger partial charge in [0, 0.05) is 6.07 Å². The van der Waals surface area contributed by atoms with Gasteiger partial charge >= 0.3 is 6.03 Å². The van der Waals surface area contributed by atoms with E-state index >= 15 is 0 Å². The minimum Gasteiger partial charge on any atom is -0.360 e. The molecule has 0 aliphatic heterocycles. The molecule has 0 saturated carbocycles. The molecule has 2 amide bonds. The minimum absolute atomic E-state index is 0.275. The van der Waals surface area contributed by atoms with Crippen molar-refractivity contribution >= 4 is 11.8 Å². The van der Waals surface area contributed by atoms with Crippen LogP contribution in [0, 0.1) is 18.6 Å². The molecule has 0 unspecified atom stereocenters. The fourth-order valence-electron chi connectivity index (χ4n) is 1.64. The van der Waals surface area contributed by atoms with Crippen LogP contribution in [0.15, 0.2) is 28.8 Å². The first kappa shape index (κ1) is 14.0. The smallest absolute Gasteiger partial charge is 0.320 e. The summed E-state index contributed by atoms with van der Waals surface area (Å²) in [5, 5.41) is 8.65. The Bertz CT molecular complexity index is 628. The SMILES string of the molecule is Cc1cc(NC(=O)N[C@H](C)c2ccc(F)c(F)c2)no1. The maximum Gasteiger partial charge on any atom is 0.320 e. The topological polar surface area (TPSA) is 67.2 Å². The average Bonchev–Trinajstić information content (AvgIpc) is 2.77. The molecular weight excluding hydrogens is 268 g/mol. The number of carbonyl (C=O) groups excluding carboxylic acids is 1. The van der Waals surface area contributed by atoms with Crippen LogP contribution in [0.1, 0.15) is 24.3 Å². The van der Waals surface area contributed by atoms with E-state index in [1.165, 1.54) is 6.07 Å². The van der Waals surface area contributed by atoms with E-state index in [4.69, 9.17) is 4.52 Å². The number of hydrogen-bond donors (Lipinski definition) is 2. The molecule has 7 heteroatoms. The molecule has 2 N–H and O–H groups in total. The van der Waals surface area contributed by atoms with Crippen molar-refractivity contribution in [1.82, 2.24) is 10.5 Å². The van der Waals surface area contributed by atoms with Gasteiger partial charge in [0.25, 0.3) is 0 Å². The largest absolute Gasteiger partial charge is 0.360 e. The van der Waals surface area contributed by atoms with Crippen molar-refractivity contribution in [1.29, 1.82) is 0 Å². The van der Waals surface area contributed by atoms with Crippen molar-refractivity contribution in [3.63, 3.8) is 0 Å². The van der Waals surface area contributed by atoms with Crippen molar-refractivity contribution in [3.8, 4) is 0 Å². The van der Waals surface area contributed by atoms with Gasteiger partial charge in [-0.05, 0) is 31.5 Å². The fraction of sp³-hybridized carbons (Fsp3) is 0.231. The van der Waals surface area contributed by atoms with Crippen LogP contribution in [0.5, 0.6) is 0 Å². The van der Waals surface area contributed by atoms with Crippen molar-refractivity contribution in [2.75, 3.05) is 5.32 Å². The predicted molar refractivity (Wildman–Crippen MR) is 68.2 cm³/mol. The summed E-state index contributed by atoms with van der Waals surface area (Å²) in [5.74, 6) is -1.04. The van der Waals surface area contributed by atoms with Crippen molar-refractivity contribution in [2.24, 2.45) is 0 Å². The monoisotopic (exact) mass is 281 g/mol. The Kier molecular flexibility index (Phi) is 3.97. The van der Waals surface area contributed by atoms with Crippen LogP contribution >= 0.6 is 0 Å². The molecule has 2 rings (SSSR count). The highest BCUT2D eigenvalue weighted by Crippen LogP contribution is 2.16. The molecule has 0 spiro atoms. The van der Waals surface area contributed by atoms with Gasteiger partial charge < -0.3 is 9.84 Å². The second-order valence-electron chi connectivity index (χ2n) is 4.32. The molecule has 1 aromatic heterocycles. The molecule has 0 aliphatic carbocycles. The number of nitrogens with one attached hydrogen (secondary N) is 2. The minimum atomic E-state index is -0.955. The van der Waals surface area contributed by atoms with E-state index in [2.05, 4.69) is 15.8 Å². The van der Waals surface area contributed by atoms with Gasteiger partial charge in [0.2, 0.25) is 0 Å². The van der Waals surface area contributed by atoms with E-state index in [9.17, 15) is 13.6 Å². The molecule has 106 valence electrons. The van der Waals surface area contributed by atoms with Crippen LogP contribution in [-0.4, -0.2) is 11.2 Å². The number of aromatic nitrogens is 1. The number of amides is 2. The predicted octanol–water partition coefficient (Wildman–Crippen LogP) is 3.14. The van der Waals surface area contributed by atoms with Gasteiger partial charge in [-0.25, -0.2) is 13.6 Å². The van der Waals surface area contributed by atoms with Gasteiger partial charge in [-0.2, -0.15) is 0 Å². The van der Waals surface area contributed by atoms with E-state index in [-0.39, 0.29) is 5.82 Å². The van der Waals surface area contributed by atoms with Gasteiger partial charge in [0.1, 0.15) is 5.76 Å². The van der Waals surface area contributed by atoms with Gasteiger partial charge in [0.15, 0.2) is 17.5 Å². The first-order valence-electron chi connectivity index (χ1n) is 5.91. The lowest BCUT2D eigenvalue weighted by Gasteiger charge is -2.14. The number of rotatable bonds is 3. The lowest BCUT2D eigenvalue weighted by Crippen LogP contribution is -2.31. The van der Waals surface area contributed by atoms with Crippen LogP contribution in [0.3, 0.4) is 0 Å². The van der Waals surface area contributed by atoms with Crippen LogP contribution in [0.4, 0.5) is 19.4 Å². The van der Waals surface area contributed by atoms with Crippen molar-refractivity contribution < 1.29 is 18.1 Å². The number of urea groups is 1. The molecule has 0 saturated heterocycles. The second kappa shape index (κ2) is 5.68. The normalized spacial score (nSPS) is 12.0. The fourth-order valence-corrected chi connectivity index (χ4v) is 1.64. The van der Waals surface area contributed by atoms with Crippen molar-refractivity contribution in [3.05, 3.63) is 47.2 Å². The number of nitrogens with zero attached hydrogens (tertiary/aromatic N) is 1. The first-order chi connectivity index (χ1) is 9.45. The van der Waals surface area contributed by atoms with E-state index in [1.54, 1.807) is 19.9 Å². The summed E-state index contributed by atoms with van der Waals surface area (Å²) in [6, 6.07) is 4.02. The van der Waals surface area contributed by atoms with E-state index in [0.29, 0.717) is 11.3 Å². The van der Waals surface area contributed by atoms with Crippen LogP contribution in [0.2, 0.25) is 0 Å². The van der Waals surface area contributed by atoms with Crippen LogP contribution < -0.4 is 10.6 Å². The second-order valence-corrected chi connectivity index (χ2v) is 4.32. The van der Waals surface area contributed by atoms with Crippen LogP contribution in [0.25, 0.3) is 0 Å². The third-order valence-corrected chi connectivity index (χ3v) is 2.66. The Morgan fingerprint density at radius 2 is 2.05 bits per heavy atom. The number of benzene rings is 1. The molecule has 1 aromatic carbocycles. The zero-order chi connectivity index (χ0) is 14.7. The Morgan fingerprint density at radius 1 is 1.30 bits per heavy atom. The van der Waals surface area contributed by atoms with Crippen LogP contribution in [-0.2, 0) is 0 Å². The quantitative estimate of drug-likeness (QED) is 0.908. The maximum absolute atomic E-state index is 13.1. The third-order valence-electron chi connectivity index (χ3n) is 2.66. The Hall–Kier alpha value is -2.44. The Morgan fingerprint density at radius 3 is 2.65 bits per heavy atom. The number of halogens is 2. The molecule has 20 heavy (non-hydrogen) atoms. The molecular formula is C13H13F2N3O2. The summed E-state index contributed by atoms with van der Waals surface area (Å²) < 4.78 is 30.7. The highest BCUT2D eigenvalue weighted by molar-refractivity contribution is 5.88. The lowest BCUT2D eigenvalue weighted by atomic mass is 10.1. The van der Waals surface area contributed by atoms with Gasteiger partial charge in [-0.1, -0.05) is 11.2 Å². The van der Waals surface area contributed by atoms with Gasteiger partial charge in [0.05, 0.1) is 6.04 Å². The number of aryl methyl sites for hydroxylation is 1. The van der Waals surface area contributed by atoms with E-state index in [0.717, 1.165) is 12.1 Å². The summed E-state index contributed by atoms with van der Waals surface area (Å²) in [6.45, 7) is 3.35. The zero-order valence-corrected chi connectivity index (χ0v) is 10.9. The summed E-state index contributed by atoms with van der Waals surface area (Å²) in [7, 11) is 0. The molecule has 0 radical (unpaired) electrons. The van der Waals surface area contributed by atoms with E-state index in [1.807, 2.05) is 0 Å². The highest BCUT2D eigenvalue weighted by Gasteiger charge is 2.13. The highest BCUT2D eigenvalue weighted by atomic mass is 19.2. The molecule has 1 atom stereocenters. The lowest BCUT2D eigenvalue weighted by molar-refractivity contribution is 0.249. The van der Waals surface area contributed by atoms with E-state index < -0.39 is 23.7 Å². The standard InChI is InChI=1S/C13H13F2N3O2/c1-7-5-12(18-20-7)17-13(19)16-8(2)9-3-4-10(14)11(15)6-9/h3-6,8H,1-2H3,(H2,16,17,18,19)/t8-/m1/s1. The molecule has 0 aliphatic rings. The Balaban J connectivity index is 1.98. The zero-order valence-electron chi connectivity index (χ0n) is 10.9. The molecule has 0 bridgehead atoms. The maximum atomic E-state index is 13.1. The molecule has 2 aromatic rings. The van der Waals surface area contributed by atoms with Crippen molar-refractivity contribution in [2.45, 2.75) is 19.9 Å². The number of carbonyl (C=O) groups is 1. The van der Waals surface area contributed by atoms with Gasteiger partial charge in [-0.3, -0.25) is 5.32 Å².